The van der Waals surface area contributed by atoms with Gasteiger partial charge in [0.05, 0.1) is 19.8 Å². The summed E-state index contributed by atoms with van der Waals surface area (Å²) in [5.41, 5.74) is 0.922. The second-order valence-electron chi connectivity index (χ2n) is 5.09. The van der Waals surface area contributed by atoms with Crippen LogP contribution in [0.3, 0.4) is 0 Å². The predicted octanol–water partition coefficient (Wildman–Crippen LogP) is 0.213. The van der Waals surface area contributed by atoms with Gasteiger partial charge in [0.25, 0.3) is 0 Å². The van der Waals surface area contributed by atoms with Crippen LogP contribution < -0.4 is 0 Å². The third-order valence-electron chi connectivity index (χ3n) is 3.48. The second kappa shape index (κ2) is 8.38. The fourth-order valence-electron chi connectivity index (χ4n) is 2.33. The number of hydrogen-bond donors (Lipinski definition) is 3. The van der Waals surface area contributed by atoms with Crippen LogP contribution in [0.1, 0.15) is 5.56 Å². The Morgan fingerprint density at radius 1 is 1.14 bits per heavy atom. The normalized spacial score (nSPS) is 31.9. The van der Waals surface area contributed by atoms with Crippen molar-refractivity contribution in [3.8, 4) is 0 Å². The van der Waals surface area contributed by atoms with E-state index >= 15 is 0 Å². The Balaban J connectivity index is 1.99. The van der Waals surface area contributed by atoms with Crippen molar-refractivity contribution in [2.45, 2.75) is 37.3 Å². The Labute approximate surface area is 129 Å². The third-order valence-corrected chi connectivity index (χ3v) is 3.48. The Bertz CT molecular complexity index is 449. The van der Waals surface area contributed by atoms with E-state index in [-0.39, 0.29) is 19.8 Å². The van der Waals surface area contributed by atoms with Gasteiger partial charge >= 0.3 is 0 Å². The zero-order valence-corrected chi connectivity index (χ0v) is 12.2. The summed E-state index contributed by atoms with van der Waals surface area (Å²) in [7, 11) is 0. The Kier molecular flexibility index (Phi) is 6.50. The Morgan fingerprint density at radius 3 is 2.50 bits per heavy atom. The SMILES string of the molecule is C=CCOC1OC(CO)C(OCc2ccccc2)C(O)C1O. The van der Waals surface area contributed by atoms with Crippen molar-refractivity contribution < 1.29 is 29.5 Å². The lowest BCUT2D eigenvalue weighted by atomic mass is 9.99. The van der Waals surface area contributed by atoms with E-state index in [2.05, 4.69) is 6.58 Å². The minimum Gasteiger partial charge on any atom is -0.394 e. The first-order valence-corrected chi connectivity index (χ1v) is 7.18. The maximum absolute atomic E-state index is 10.2. The molecule has 5 unspecified atom stereocenters. The van der Waals surface area contributed by atoms with Gasteiger partial charge in [-0.1, -0.05) is 36.4 Å². The molecule has 6 heteroatoms. The van der Waals surface area contributed by atoms with Crippen LogP contribution in [0.25, 0.3) is 0 Å². The predicted molar refractivity (Wildman–Crippen MR) is 78.9 cm³/mol. The summed E-state index contributed by atoms with van der Waals surface area (Å²) in [5, 5.41) is 29.7. The van der Waals surface area contributed by atoms with Gasteiger partial charge in [-0.25, -0.2) is 0 Å². The molecule has 1 saturated heterocycles. The molecule has 0 aliphatic carbocycles. The van der Waals surface area contributed by atoms with Crippen LogP contribution in [0, 0.1) is 0 Å². The van der Waals surface area contributed by atoms with Crippen LogP contribution in [0.15, 0.2) is 43.0 Å². The van der Waals surface area contributed by atoms with E-state index in [1.54, 1.807) is 0 Å². The van der Waals surface area contributed by atoms with Gasteiger partial charge in [-0.3, -0.25) is 0 Å². The molecule has 3 N–H and O–H groups in total. The van der Waals surface area contributed by atoms with Crippen molar-refractivity contribution in [2.24, 2.45) is 0 Å². The van der Waals surface area contributed by atoms with Crippen LogP contribution >= 0.6 is 0 Å². The molecule has 0 radical (unpaired) electrons. The topological polar surface area (TPSA) is 88.4 Å². The molecule has 1 heterocycles. The molecule has 0 saturated carbocycles. The lowest BCUT2D eigenvalue weighted by Gasteiger charge is -2.41. The summed E-state index contributed by atoms with van der Waals surface area (Å²) >= 11 is 0. The zero-order valence-electron chi connectivity index (χ0n) is 12.2. The molecule has 0 bridgehead atoms. The maximum atomic E-state index is 10.2. The highest BCUT2D eigenvalue weighted by Crippen LogP contribution is 2.25. The Hall–Kier alpha value is -1.28. The maximum Gasteiger partial charge on any atom is 0.187 e. The van der Waals surface area contributed by atoms with Crippen LogP contribution in [0.5, 0.6) is 0 Å². The lowest BCUT2D eigenvalue weighted by Crippen LogP contribution is -2.60. The smallest absolute Gasteiger partial charge is 0.187 e. The number of aliphatic hydroxyl groups is 3. The quantitative estimate of drug-likeness (QED) is 0.624. The molecule has 0 aromatic heterocycles. The largest absolute Gasteiger partial charge is 0.394 e. The third kappa shape index (κ3) is 4.13. The van der Waals surface area contributed by atoms with Gasteiger partial charge in [0.15, 0.2) is 6.29 Å². The summed E-state index contributed by atoms with van der Waals surface area (Å²) in [6.45, 7) is 3.57. The van der Waals surface area contributed by atoms with Crippen LogP contribution in [0.2, 0.25) is 0 Å². The number of ether oxygens (including phenoxy) is 3. The summed E-state index contributed by atoms with van der Waals surface area (Å²) in [5.74, 6) is 0. The molecule has 6 nitrogen and oxygen atoms in total. The van der Waals surface area contributed by atoms with Gasteiger partial charge in [0.2, 0.25) is 0 Å². The summed E-state index contributed by atoms with van der Waals surface area (Å²) < 4.78 is 16.3. The van der Waals surface area contributed by atoms with Crippen LogP contribution in [-0.2, 0) is 20.8 Å². The van der Waals surface area contributed by atoms with Crippen molar-refractivity contribution in [3.63, 3.8) is 0 Å². The summed E-state index contributed by atoms with van der Waals surface area (Å²) in [6.07, 6.45) is -3.62. The molecule has 1 fully saturated rings. The van der Waals surface area contributed by atoms with Gasteiger partial charge in [-0.2, -0.15) is 0 Å². The summed E-state index contributed by atoms with van der Waals surface area (Å²) in [4.78, 5) is 0. The Morgan fingerprint density at radius 2 is 1.86 bits per heavy atom. The molecule has 1 aromatic carbocycles. The monoisotopic (exact) mass is 310 g/mol. The van der Waals surface area contributed by atoms with Gasteiger partial charge in [0, 0.05) is 0 Å². The van der Waals surface area contributed by atoms with Crippen LogP contribution in [0.4, 0.5) is 0 Å². The molecule has 22 heavy (non-hydrogen) atoms. The number of aliphatic hydroxyl groups excluding tert-OH is 3. The summed E-state index contributed by atoms with van der Waals surface area (Å²) in [6, 6.07) is 9.42. The molecule has 1 aliphatic rings. The minimum absolute atomic E-state index is 0.169. The number of hydrogen-bond acceptors (Lipinski definition) is 6. The molecule has 5 atom stereocenters. The first-order valence-electron chi connectivity index (χ1n) is 7.18. The van der Waals surface area contributed by atoms with Gasteiger partial charge in [-0.15, -0.1) is 6.58 Å². The molecule has 1 aliphatic heterocycles. The van der Waals surface area contributed by atoms with E-state index in [1.165, 1.54) is 6.08 Å². The van der Waals surface area contributed by atoms with E-state index in [0.717, 1.165) is 5.56 Å². The second-order valence-corrected chi connectivity index (χ2v) is 5.09. The first kappa shape index (κ1) is 17.1. The highest BCUT2D eigenvalue weighted by Gasteiger charge is 2.45. The van der Waals surface area contributed by atoms with Crippen molar-refractivity contribution in [3.05, 3.63) is 48.6 Å². The van der Waals surface area contributed by atoms with Crippen molar-refractivity contribution in [2.75, 3.05) is 13.2 Å². The fourth-order valence-corrected chi connectivity index (χ4v) is 2.33. The van der Waals surface area contributed by atoms with Gasteiger partial charge in [-0.05, 0) is 5.56 Å². The van der Waals surface area contributed by atoms with E-state index in [4.69, 9.17) is 14.2 Å². The highest BCUT2D eigenvalue weighted by molar-refractivity contribution is 5.13. The van der Waals surface area contributed by atoms with E-state index in [1.807, 2.05) is 30.3 Å². The highest BCUT2D eigenvalue weighted by atomic mass is 16.7. The molecule has 1 aromatic rings. The molecule has 2 rings (SSSR count). The van der Waals surface area contributed by atoms with Crippen molar-refractivity contribution in [1.29, 1.82) is 0 Å². The minimum atomic E-state index is -1.26. The standard InChI is InChI=1S/C16H22O6/c1-2-8-20-16-14(19)13(18)15(12(9-17)22-16)21-10-11-6-4-3-5-7-11/h2-7,12-19H,1,8-10H2. The average molecular weight is 310 g/mol. The average Bonchev–Trinajstić information content (AvgIpc) is 2.56. The van der Waals surface area contributed by atoms with Gasteiger partial charge < -0.3 is 29.5 Å². The van der Waals surface area contributed by atoms with Gasteiger partial charge in [0.1, 0.15) is 24.4 Å². The van der Waals surface area contributed by atoms with E-state index in [9.17, 15) is 15.3 Å². The first-order chi connectivity index (χ1) is 10.7. The molecule has 122 valence electrons. The van der Waals surface area contributed by atoms with E-state index in [0.29, 0.717) is 0 Å². The molecule has 0 amide bonds. The zero-order chi connectivity index (χ0) is 15.9. The van der Waals surface area contributed by atoms with Crippen LogP contribution in [-0.4, -0.2) is 59.2 Å². The van der Waals surface area contributed by atoms with Crippen molar-refractivity contribution >= 4 is 0 Å². The van der Waals surface area contributed by atoms with E-state index < -0.39 is 30.7 Å². The molecular weight excluding hydrogens is 288 g/mol. The number of benzene rings is 1. The lowest BCUT2D eigenvalue weighted by molar-refractivity contribution is -0.306. The fraction of sp³-hybridized carbons (Fsp3) is 0.500. The molecular formula is C16H22O6. The molecule has 0 spiro atoms. The van der Waals surface area contributed by atoms with Crippen molar-refractivity contribution in [1.82, 2.24) is 0 Å². The number of rotatable bonds is 7.